The number of esters is 1. The number of aromatic nitrogens is 1. The summed E-state index contributed by atoms with van der Waals surface area (Å²) in [6.45, 7) is 2.41. The van der Waals surface area contributed by atoms with Crippen molar-refractivity contribution in [2.24, 2.45) is 5.73 Å². The lowest BCUT2D eigenvalue weighted by Gasteiger charge is -2.16. The molecule has 0 aliphatic rings. The van der Waals surface area contributed by atoms with Crippen molar-refractivity contribution in [3.63, 3.8) is 0 Å². The van der Waals surface area contributed by atoms with Crippen molar-refractivity contribution in [2.75, 3.05) is 25.1 Å². The second-order valence-corrected chi connectivity index (χ2v) is 4.42. The van der Waals surface area contributed by atoms with Crippen LogP contribution in [0.4, 0.5) is 5.13 Å². The standard InChI is InChI=1S/C9H12ClN3O3S/c1-3-13(4-5(11)14)9-12-7(10)6(17-9)8(15)16-2/h3-4H2,1-2H3,(H2,11,14). The summed E-state index contributed by atoms with van der Waals surface area (Å²) in [5.41, 5.74) is 5.11. The van der Waals surface area contributed by atoms with Gasteiger partial charge in [0.15, 0.2) is 15.2 Å². The summed E-state index contributed by atoms with van der Waals surface area (Å²) in [6, 6.07) is 0. The molecule has 0 bridgehead atoms. The molecule has 1 aromatic heterocycles. The SMILES string of the molecule is CCN(CC(N)=O)c1nc(Cl)c(C(=O)OC)s1. The average molecular weight is 278 g/mol. The van der Waals surface area contributed by atoms with E-state index in [0.717, 1.165) is 11.3 Å². The number of primary amides is 1. The van der Waals surface area contributed by atoms with Crippen LogP contribution in [0.1, 0.15) is 16.6 Å². The number of rotatable bonds is 5. The number of carbonyl (C=O) groups is 2. The minimum atomic E-state index is -0.547. The smallest absolute Gasteiger partial charge is 0.351 e. The second-order valence-electron chi connectivity index (χ2n) is 3.09. The molecule has 0 atom stereocenters. The molecule has 6 nitrogen and oxygen atoms in total. The molecule has 0 saturated carbocycles. The van der Waals surface area contributed by atoms with E-state index < -0.39 is 11.9 Å². The fraction of sp³-hybridized carbons (Fsp3) is 0.444. The summed E-state index contributed by atoms with van der Waals surface area (Å²) in [4.78, 5) is 28.0. The highest BCUT2D eigenvalue weighted by atomic mass is 35.5. The number of nitrogens with zero attached hydrogens (tertiary/aromatic N) is 2. The fourth-order valence-electron chi connectivity index (χ4n) is 1.15. The number of anilines is 1. The third-order valence-corrected chi connectivity index (χ3v) is 3.43. The Labute approximate surface area is 107 Å². The summed E-state index contributed by atoms with van der Waals surface area (Å²) in [5, 5.41) is 0.538. The molecule has 1 amide bonds. The lowest BCUT2D eigenvalue weighted by Crippen LogP contribution is -2.33. The van der Waals surface area contributed by atoms with Crippen LogP contribution in [0.25, 0.3) is 0 Å². The highest BCUT2D eigenvalue weighted by Crippen LogP contribution is 2.29. The number of carbonyl (C=O) groups excluding carboxylic acids is 2. The first-order valence-electron chi connectivity index (χ1n) is 4.77. The lowest BCUT2D eigenvalue weighted by atomic mass is 10.5. The first-order valence-corrected chi connectivity index (χ1v) is 5.96. The summed E-state index contributed by atoms with van der Waals surface area (Å²) < 4.78 is 4.56. The van der Waals surface area contributed by atoms with Gasteiger partial charge in [0, 0.05) is 6.54 Å². The van der Waals surface area contributed by atoms with Crippen molar-refractivity contribution in [2.45, 2.75) is 6.92 Å². The predicted molar refractivity (Wildman–Crippen MR) is 65.5 cm³/mol. The van der Waals surface area contributed by atoms with E-state index in [0.29, 0.717) is 11.7 Å². The molecule has 0 unspecified atom stereocenters. The predicted octanol–water partition coefficient (Wildman–Crippen LogP) is 0.895. The molecule has 0 fully saturated rings. The maximum atomic E-state index is 11.3. The average Bonchev–Trinajstić information content (AvgIpc) is 2.66. The van der Waals surface area contributed by atoms with Crippen LogP contribution in [0, 0.1) is 0 Å². The third kappa shape index (κ3) is 3.31. The van der Waals surface area contributed by atoms with E-state index in [4.69, 9.17) is 17.3 Å². The van der Waals surface area contributed by atoms with Crippen molar-refractivity contribution in [3.05, 3.63) is 10.0 Å². The normalized spacial score (nSPS) is 10.1. The summed E-state index contributed by atoms with van der Waals surface area (Å²) in [5.74, 6) is -1.02. The number of likely N-dealkylation sites (N-methyl/N-ethyl adjacent to an activating group) is 1. The number of thiazole rings is 1. The zero-order valence-corrected chi connectivity index (χ0v) is 11.0. The maximum absolute atomic E-state index is 11.3. The van der Waals surface area contributed by atoms with Gasteiger partial charge in [-0.1, -0.05) is 22.9 Å². The van der Waals surface area contributed by atoms with Gasteiger partial charge in [0.1, 0.15) is 0 Å². The van der Waals surface area contributed by atoms with Crippen LogP contribution < -0.4 is 10.6 Å². The Kier molecular flexibility index (Phi) is 4.71. The van der Waals surface area contributed by atoms with Crippen LogP contribution >= 0.6 is 22.9 Å². The van der Waals surface area contributed by atoms with Crippen LogP contribution in [0.5, 0.6) is 0 Å². The number of nitrogens with two attached hydrogens (primary N) is 1. The number of hydrogen-bond acceptors (Lipinski definition) is 6. The second kappa shape index (κ2) is 5.83. The Hall–Kier alpha value is -1.34. The van der Waals surface area contributed by atoms with Gasteiger partial charge in [0.2, 0.25) is 5.91 Å². The van der Waals surface area contributed by atoms with Gasteiger partial charge in [-0.15, -0.1) is 0 Å². The molecule has 0 aliphatic heterocycles. The zero-order valence-electron chi connectivity index (χ0n) is 9.40. The van der Waals surface area contributed by atoms with E-state index in [1.54, 1.807) is 4.90 Å². The monoisotopic (exact) mass is 277 g/mol. The van der Waals surface area contributed by atoms with Gasteiger partial charge in [-0.25, -0.2) is 9.78 Å². The number of methoxy groups -OCH3 is 1. The molecule has 17 heavy (non-hydrogen) atoms. The van der Waals surface area contributed by atoms with Crippen molar-refractivity contribution >= 4 is 39.9 Å². The molecule has 0 radical (unpaired) electrons. The van der Waals surface area contributed by atoms with E-state index in [1.165, 1.54) is 7.11 Å². The number of amides is 1. The van der Waals surface area contributed by atoms with Gasteiger partial charge in [0.05, 0.1) is 13.7 Å². The molecule has 0 aromatic carbocycles. The van der Waals surface area contributed by atoms with Gasteiger partial charge in [-0.05, 0) is 6.92 Å². The Balaban J connectivity index is 2.98. The van der Waals surface area contributed by atoms with Crippen molar-refractivity contribution in [3.8, 4) is 0 Å². The minimum Gasteiger partial charge on any atom is -0.465 e. The highest BCUT2D eigenvalue weighted by molar-refractivity contribution is 7.18. The van der Waals surface area contributed by atoms with Crippen molar-refractivity contribution < 1.29 is 14.3 Å². The molecule has 1 rings (SSSR count). The van der Waals surface area contributed by atoms with Crippen LogP contribution in [-0.4, -0.2) is 37.1 Å². The highest BCUT2D eigenvalue weighted by Gasteiger charge is 2.20. The quantitative estimate of drug-likeness (QED) is 0.808. The molecular formula is C9H12ClN3O3S. The minimum absolute atomic E-state index is 0.0287. The first kappa shape index (κ1) is 13.7. The number of halogens is 1. The van der Waals surface area contributed by atoms with E-state index in [9.17, 15) is 9.59 Å². The summed E-state index contributed by atoms with van der Waals surface area (Å²) in [6.07, 6.45) is 0. The summed E-state index contributed by atoms with van der Waals surface area (Å²) >= 11 is 6.88. The van der Waals surface area contributed by atoms with Gasteiger partial charge in [-0.3, -0.25) is 4.79 Å². The molecule has 0 spiro atoms. The van der Waals surface area contributed by atoms with Crippen LogP contribution in [0.2, 0.25) is 5.15 Å². The fourth-order valence-corrected chi connectivity index (χ4v) is 2.41. The van der Waals surface area contributed by atoms with Gasteiger partial charge < -0.3 is 15.4 Å². The Bertz CT molecular complexity index is 435. The topological polar surface area (TPSA) is 85.5 Å². The van der Waals surface area contributed by atoms with Crippen LogP contribution in [0.15, 0.2) is 0 Å². The van der Waals surface area contributed by atoms with Crippen LogP contribution in [0.3, 0.4) is 0 Å². The van der Waals surface area contributed by atoms with Crippen molar-refractivity contribution in [1.82, 2.24) is 4.98 Å². The largest absolute Gasteiger partial charge is 0.465 e. The molecule has 0 aliphatic carbocycles. The third-order valence-electron chi connectivity index (χ3n) is 1.94. The van der Waals surface area contributed by atoms with E-state index in [-0.39, 0.29) is 16.6 Å². The molecular weight excluding hydrogens is 266 g/mol. The van der Waals surface area contributed by atoms with Gasteiger partial charge >= 0.3 is 5.97 Å². The number of hydrogen-bond donors (Lipinski definition) is 1. The zero-order chi connectivity index (χ0) is 13.0. The molecule has 1 aromatic rings. The summed E-state index contributed by atoms with van der Waals surface area (Å²) in [7, 11) is 1.26. The molecule has 0 saturated heterocycles. The maximum Gasteiger partial charge on any atom is 0.351 e. The van der Waals surface area contributed by atoms with Crippen LogP contribution in [-0.2, 0) is 9.53 Å². The Morgan fingerprint density at radius 1 is 1.59 bits per heavy atom. The van der Waals surface area contributed by atoms with E-state index >= 15 is 0 Å². The molecule has 2 N–H and O–H groups in total. The molecule has 8 heteroatoms. The van der Waals surface area contributed by atoms with Crippen molar-refractivity contribution in [1.29, 1.82) is 0 Å². The molecule has 1 heterocycles. The van der Waals surface area contributed by atoms with E-state index in [2.05, 4.69) is 9.72 Å². The lowest BCUT2D eigenvalue weighted by molar-refractivity contribution is -0.116. The molecule has 94 valence electrons. The van der Waals surface area contributed by atoms with E-state index in [1.807, 2.05) is 6.92 Å². The Morgan fingerprint density at radius 3 is 2.71 bits per heavy atom. The van der Waals surface area contributed by atoms with Gasteiger partial charge in [0.25, 0.3) is 0 Å². The Morgan fingerprint density at radius 2 is 2.24 bits per heavy atom. The van der Waals surface area contributed by atoms with Gasteiger partial charge in [-0.2, -0.15) is 0 Å². The first-order chi connectivity index (χ1) is 7.99. The number of ether oxygens (including phenoxy) is 1.